The molecule has 6 nitrogen and oxygen atoms in total. The van der Waals surface area contributed by atoms with Gasteiger partial charge in [0.15, 0.2) is 5.96 Å². The molecule has 8 heteroatoms. The van der Waals surface area contributed by atoms with Crippen LogP contribution in [-0.4, -0.2) is 48.6 Å². The number of ether oxygens (including phenoxy) is 1. The summed E-state index contributed by atoms with van der Waals surface area (Å²) < 4.78 is 8.05. The van der Waals surface area contributed by atoms with E-state index in [9.17, 15) is 4.79 Å². The minimum atomic E-state index is -0.152. The molecule has 1 rings (SSSR count). The van der Waals surface area contributed by atoms with E-state index in [4.69, 9.17) is 4.74 Å². The van der Waals surface area contributed by atoms with Crippen molar-refractivity contribution in [1.82, 2.24) is 14.8 Å². The Balaban J connectivity index is 0.00000484. The molecule has 0 unspecified atom stereocenters. The van der Waals surface area contributed by atoms with Gasteiger partial charge in [0.2, 0.25) is 0 Å². The van der Waals surface area contributed by atoms with E-state index >= 15 is 0 Å². The van der Waals surface area contributed by atoms with Crippen molar-refractivity contribution in [3.8, 4) is 0 Å². The first-order valence-corrected chi connectivity index (χ1v) is 8.15. The standard InChI is InChI=1S/C15H25BrN4O2.HI/c1-5-22-14(21)7-6-8-18-15(17-2)20(4)11-13-9-12(16)10-19(13)3;/h9-10H,5-8,11H2,1-4H3,(H,17,18);1H. The lowest BCUT2D eigenvalue weighted by Crippen LogP contribution is -2.39. The maximum atomic E-state index is 11.3. The first kappa shape index (κ1) is 22.2. The van der Waals surface area contributed by atoms with Gasteiger partial charge < -0.3 is 19.5 Å². The normalized spacial score (nSPS) is 10.9. The summed E-state index contributed by atoms with van der Waals surface area (Å²) in [6.45, 7) is 3.68. The van der Waals surface area contributed by atoms with Gasteiger partial charge in [0.25, 0.3) is 0 Å². The number of aromatic nitrogens is 1. The minimum absolute atomic E-state index is 0. The fourth-order valence-corrected chi connectivity index (χ4v) is 2.66. The van der Waals surface area contributed by atoms with Crippen LogP contribution in [0.25, 0.3) is 0 Å². The lowest BCUT2D eigenvalue weighted by atomic mass is 10.3. The van der Waals surface area contributed by atoms with Gasteiger partial charge in [-0.1, -0.05) is 0 Å². The number of carbonyl (C=O) groups is 1. The summed E-state index contributed by atoms with van der Waals surface area (Å²) >= 11 is 3.48. The molecule has 1 aromatic rings. The Bertz CT molecular complexity index is 520. The van der Waals surface area contributed by atoms with E-state index in [0.717, 1.165) is 23.4 Å². The topological polar surface area (TPSA) is 58.9 Å². The summed E-state index contributed by atoms with van der Waals surface area (Å²) in [4.78, 5) is 17.6. The van der Waals surface area contributed by atoms with Gasteiger partial charge in [-0.2, -0.15) is 0 Å². The van der Waals surface area contributed by atoms with Gasteiger partial charge in [0, 0.05) is 50.5 Å². The molecule has 0 amide bonds. The molecule has 1 N–H and O–H groups in total. The largest absolute Gasteiger partial charge is 0.466 e. The Morgan fingerprint density at radius 3 is 2.74 bits per heavy atom. The van der Waals surface area contributed by atoms with Crippen molar-refractivity contribution < 1.29 is 9.53 Å². The zero-order valence-corrected chi connectivity index (χ0v) is 18.1. The average molecular weight is 501 g/mol. The Morgan fingerprint density at radius 2 is 2.22 bits per heavy atom. The highest BCUT2D eigenvalue weighted by Gasteiger charge is 2.09. The Hall–Kier alpha value is -0.770. The summed E-state index contributed by atoms with van der Waals surface area (Å²) in [7, 11) is 5.76. The summed E-state index contributed by atoms with van der Waals surface area (Å²) in [6.07, 6.45) is 3.17. The van der Waals surface area contributed by atoms with Crippen LogP contribution in [-0.2, 0) is 23.1 Å². The highest BCUT2D eigenvalue weighted by molar-refractivity contribution is 14.0. The third kappa shape index (κ3) is 8.05. The van der Waals surface area contributed by atoms with Crippen molar-refractivity contribution in [1.29, 1.82) is 0 Å². The zero-order chi connectivity index (χ0) is 16.5. The van der Waals surface area contributed by atoms with Crippen LogP contribution in [0.4, 0.5) is 0 Å². The average Bonchev–Trinajstić information content (AvgIpc) is 2.77. The van der Waals surface area contributed by atoms with E-state index in [1.165, 1.54) is 5.69 Å². The van der Waals surface area contributed by atoms with Crippen molar-refractivity contribution in [2.75, 3.05) is 27.2 Å². The minimum Gasteiger partial charge on any atom is -0.466 e. The number of aryl methyl sites for hydroxylation is 1. The summed E-state index contributed by atoms with van der Waals surface area (Å²) in [6, 6.07) is 2.09. The maximum absolute atomic E-state index is 11.3. The molecule has 0 atom stereocenters. The van der Waals surface area contributed by atoms with E-state index in [-0.39, 0.29) is 29.9 Å². The third-order valence-corrected chi connectivity index (χ3v) is 3.63. The molecule has 0 spiro atoms. The summed E-state index contributed by atoms with van der Waals surface area (Å²) in [5.41, 5.74) is 1.18. The first-order valence-electron chi connectivity index (χ1n) is 7.36. The van der Waals surface area contributed by atoms with E-state index in [2.05, 4.69) is 36.9 Å². The third-order valence-electron chi connectivity index (χ3n) is 3.19. The lowest BCUT2D eigenvalue weighted by Gasteiger charge is -2.22. The number of nitrogens with zero attached hydrogens (tertiary/aromatic N) is 3. The van der Waals surface area contributed by atoms with Gasteiger partial charge in [0.05, 0.1) is 13.2 Å². The molecule has 0 aromatic carbocycles. The molecule has 0 saturated carbocycles. The fraction of sp³-hybridized carbons (Fsp3) is 0.600. The number of esters is 1. The highest BCUT2D eigenvalue weighted by atomic mass is 127. The van der Waals surface area contributed by atoms with Crippen LogP contribution in [0.2, 0.25) is 0 Å². The molecule has 0 aliphatic heterocycles. The van der Waals surface area contributed by atoms with Crippen molar-refractivity contribution in [2.45, 2.75) is 26.3 Å². The second-order valence-electron chi connectivity index (χ2n) is 5.00. The Kier molecular flexibility index (Phi) is 11.3. The van der Waals surface area contributed by atoms with Crippen molar-refractivity contribution in [2.24, 2.45) is 12.0 Å². The number of hydrogen-bond donors (Lipinski definition) is 1. The molecular formula is C15H26BrIN4O2. The molecule has 1 heterocycles. The molecule has 132 valence electrons. The highest BCUT2D eigenvalue weighted by Crippen LogP contribution is 2.14. The predicted molar refractivity (Wildman–Crippen MR) is 107 cm³/mol. The van der Waals surface area contributed by atoms with Crippen LogP contribution in [0.15, 0.2) is 21.7 Å². The molecule has 1 aromatic heterocycles. The molecule has 23 heavy (non-hydrogen) atoms. The monoisotopic (exact) mass is 500 g/mol. The molecule has 0 saturated heterocycles. The van der Waals surface area contributed by atoms with Gasteiger partial charge in [-0.3, -0.25) is 9.79 Å². The molecule has 0 radical (unpaired) electrons. The number of rotatable bonds is 7. The molecule has 0 bridgehead atoms. The van der Waals surface area contributed by atoms with Gasteiger partial charge in [0.1, 0.15) is 0 Å². The quantitative estimate of drug-likeness (QED) is 0.205. The zero-order valence-electron chi connectivity index (χ0n) is 14.1. The summed E-state index contributed by atoms with van der Waals surface area (Å²) in [5.74, 6) is 0.655. The van der Waals surface area contributed by atoms with Gasteiger partial charge in [-0.15, -0.1) is 24.0 Å². The van der Waals surface area contributed by atoms with Crippen molar-refractivity contribution in [3.05, 3.63) is 22.4 Å². The number of hydrogen-bond acceptors (Lipinski definition) is 3. The van der Waals surface area contributed by atoms with Crippen LogP contribution >= 0.6 is 39.9 Å². The van der Waals surface area contributed by atoms with E-state index in [1.807, 2.05) is 32.1 Å². The Morgan fingerprint density at radius 1 is 1.52 bits per heavy atom. The smallest absolute Gasteiger partial charge is 0.305 e. The molecular weight excluding hydrogens is 475 g/mol. The van der Waals surface area contributed by atoms with E-state index in [0.29, 0.717) is 19.6 Å². The Labute approximate surface area is 163 Å². The van der Waals surface area contributed by atoms with E-state index in [1.54, 1.807) is 7.05 Å². The van der Waals surface area contributed by atoms with Crippen LogP contribution in [0, 0.1) is 0 Å². The number of halogens is 2. The predicted octanol–water partition coefficient (Wildman–Crippen LogP) is 2.76. The second-order valence-corrected chi connectivity index (χ2v) is 5.91. The van der Waals surface area contributed by atoms with Gasteiger partial charge in [-0.25, -0.2) is 0 Å². The van der Waals surface area contributed by atoms with Crippen molar-refractivity contribution >= 4 is 51.8 Å². The number of carbonyl (C=O) groups excluding carboxylic acids is 1. The van der Waals surface area contributed by atoms with Crippen LogP contribution in [0.1, 0.15) is 25.5 Å². The number of guanidine groups is 1. The molecule has 0 fully saturated rings. The van der Waals surface area contributed by atoms with E-state index < -0.39 is 0 Å². The molecule has 0 aliphatic rings. The maximum Gasteiger partial charge on any atom is 0.305 e. The van der Waals surface area contributed by atoms with Gasteiger partial charge in [-0.05, 0) is 35.3 Å². The SMILES string of the molecule is CCOC(=O)CCCNC(=NC)N(C)Cc1cc(Br)cn1C.I. The van der Waals surface area contributed by atoms with Crippen LogP contribution < -0.4 is 5.32 Å². The molecule has 0 aliphatic carbocycles. The van der Waals surface area contributed by atoms with Crippen molar-refractivity contribution in [3.63, 3.8) is 0 Å². The lowest BCUT2D eigenvalue weighted by molar-refractivity contribution is -0.143. The van der Waals surface area contributed by atoms with Gasteiger partial charge >= 0.3 is 5.97 Å². The second kappa shape index (κ2) is 11.7. The van der Waals surface area contributed by atoms with Crippen LogP contribution in [0.5, 0.6) is 0 Å². The van der Waals surface area contributed by atoms with Crippen LogP contribution in [0.3, 0.4) is 0 Å². The number of aliphatic imine (C=N–C) groups is 1. The first-order chi connectivity index (χ1) is 10.5. The number of nitrogens with one attached hydrogen (secondary N) is 1. The fourth-order valence-electron chi connectivity index (χ4n) is 2.09. The summed E-state index contributed by atoms with van der Waals surface area (Å²) in [5, 5.41) is 3.26.